The van der Waals surface area contributed by atoms with Crippen molar-refractivity contribution in [2.24, 2.45) is 0 Å². The molecule has 0 saturated carbocycles. The van der Waals surface area contributed by atoms with Crippen LogP contribution in [-0.4, -0.2) is 5.78 Å². The van der Waals surface area contributed by atoms with Crippen LogP contribution in [0.1, 0.15) is 50.3 Å². The van der Waals surface area contributed by atoms with Crippen molar-refractivity contribution in [2.75, 3.05) is 0 Å². The molecule has 2 aromatic rings. The third kappa shape index (κ3) is 2.21. The first kappa shape index (κ1) is 14.8. The third-order valence-electron chi connectivity index (χ3n) is 4.58. The molecule has 1 aliphatic rings. The molecule has 112 valence electrons. The summed E-state index contributed by atoms with van der Waals surface area (Å²) in [6.45, 7) is 6.23. The van der Waals surface area contributed by atoms with E-state index in [2.05, 4.69) is 37.3 Å². The van der Waals surface area contributed by atoms with Crippen LogP contribution in [-0.2, 0) is 10.2 Å². The molecule has 3 rings (SSSR count). The molecule has 0 fully saturated rings. The van der Waals surface area contributed by atoms with E-state index >= 15 is 0 Å². The summed E-state index contributed by atoms with van der Waals surface area (Å²) >= 11 is 0. The normalized spacial score (nSPS) is 16.6. The molecule has 1 nitrogen and oxygen atoms in total. The van der Waals surface area contributed by atoms with Crippen LogP contribution in [0.5, 0.6) is 0 Å². The number of Topliss-reactive ketones (excluding diaryl/α,β-unsaturated/α-hetero) is 1. The van der Waals surface area contributed by atoms with Crippen molar-refractivity contribution in [1.29, 1.82) is 0 Å². The average molecular weight is 290 g/mol. The van der Waals surface area contributed by atoms with Crippen LogP contribution in [0.3, 0.4) is 0 Å². The van der Waals surface area contributed by atoms with Gasteiger partial charge in [-0.1, -0.05) is 67.9 Å². The lowest BCUT2D eigenvalue weighted by Gasteiger charge is -2.34. The van der Waals surface area contributed by atoms with Gasteiger partial charge >= 0.3 is 0 Å². The van der Waals surface area contributed by atoms with Crippen molar-refractivity contribution in [1.82, 2.24) is 0 Å². The minimum Gasteiger partial charge on any atom is -0.294 e. The highest BCUT2D eigenvalue weighted by Crippen LogP contribution is 2.43. The Balaban J connectivity index is 2.34. The topological polar surface area (TPSA) is 17.1 Å². The highest BCUT2D eigenvalue weighted by atomic mass is 16.1. The molecule has 0 amide bonds. The molecular formula is C21H22O. The van der Waals surface area contributed by atoms with Crippen LogP contribution >= 0.6 is 0 Å². The first-order valence-electron chi connectivity index (χ1n) is 8.00. The Bertz CT molecular complexity index is 736. The van der Waals surface area contributed by atoms with Gasteiger partial charge in [0.15, 0.2) is 5.78 Å². The van der Waals surface area contributed by atoms with Crippen LogP contribution in [0.2, 0.25) is 0 Å². The molecule has 0 radical (unpaired) electrons. The highest BCUT2D eigenvalue weighted by molar-refractivity contribution is 6.14. The zero-order chi connectivity index (χ0) is 15.7. The molecule has 0 atom stereocenters. The van der Waals surface area contributed by atoms with Gasteiger partial charge in [-0.3, -0.25) is 4.79 Å². The second-order valence-corrected chi connectivity index (χ2v) is 6.47. The quantitative estimate of drug-likeness (QED) is 0.764. The van der Waals surface area contributed by atoms with Crippen molar-refractivity contribution < 1.29 is 4.79 Å². The fourth-order valence-electron chi connectivity index (χ4n) is 3.44. The fraction of sp³-hybridized carbons (Fsp3) is 0.286. The lowest BCUT2D eigenvalue weighted by atomic mass is 9.67. The zero-order valence-corrected chi connectivity index (χ0v) is 13.5. The second-order valence-electron chi connectivity index (χ2n) is 6.47. The van der Waals surface area contributed by atoms with E-state index in [9.17, 15) is 4.79 Å². The molecule has 0 spiro atoms. The smallest absolute Gasteiger partial charge is 0.169 e. The van der Waals surface area contributed by atoms with Gasteiger partial charge in [-0.15, -0.1) is 0 Å². The van der Waals surface area contributed by atoms with Crippen molar-refractivity contribution in [2.45, 2.75) is 39.0 Å². The SMILES string of the molecule is CCCC1=C(c2ccccc2)c2ccccc2C(C)(C)C1=O. The summed E-state index contributed by atoms with van der Waals surface area (Å²) in [5.41, 5.74) is 5.15. The molecule has 0 bridgehead atoms. The van der Waals surface area contributed by atoms with E-state index in [0.29, 0.717) is 0 Å². The van der Waals surface area contributed by atoms with Crippen molar-refractivity contribution in [3.8, 4) is 0 Å². The van der Waals surface area contributed by atoms with E-state index in [1.807, 2.05) is 38.1 Å². The van der Waals surface area contributed by atoms with E-state index < -0.39 is 5.41 Å². The molecule has 2 aromatic carbocycles. The number of rotatable bonds is 3. The minimum absolute atomic E-state index is 0.270. The largest absolute Gasteiger partial charge is 0.294 e. The molecule has 1 aliphatic carbocycles. The van der Waals surface area contributed by atoms with Gasteiger partial charge in [0.25, 0.3) is 0 Å². The van der Waals surface area contributed by atoms with Crippen LogP contribution < -0.4 is 0 Å². The Morgan fingerprint density at radius 2 is 1.55 bits per heavy atom. The first-order valence-corrected chi connectivity index (χ1v) is 8.00. The Hall–Kier alpha value is -2.15. The number of fused-ring (bicyclic) bond motifs is 1. The average Bonchev–Trinajstić information content (AvgIpc) is 2.54. The molecule has 0 unspecified atom stereocenters. The van der Waals surface area contributed by atoms with Gasteiger partial charge in [-0.25, -0.2) is 0 Å². The Labute approximate surface area is 132 Å². The number of carbonyl (C=O) groups excluding carboxylic acids is 1. The number of benzene rings is 2. The summed E-state index contributed by atoms with van der Waals surface area (Å²) in [5.74, 6) is 0.270. The fourth-order valence-corrected chi connectivity index (χ4v) is 3.44. The van der Waals surface area contributed by atoms with Gasteiger partial charge in [0.1, 0.15) is 0 Å². The zero-order valence-electron chi connectivity index (χ0n) is 13.5. The Kier molecular flexibility index (Phi) is 3.74. The van der Waals surface area contributed by atoms with Gasteiger partial charge in [0.2, 0.25) is 0 Å². The summed E-state index contributed by atoms with van der Waals surface area (Å²) in [6, 6.07) is 18.7. The van der Waals surface area contributed by atoms with Gasteiger partial charge < -0.3 is 0 Å². The molecule has 0 aromatic heterocycles. The van der Waals surface area contributed by atoms with E-state index in [1.54, 1.807) is 0 Å². The summed E-state index contributed by atoms with van der Waals surface area (Å²) in [4.78, 5) is 13.1. The van der Waals surface area contributed by atoms with Gasteiger partial charge in [-0.2, -0.15) is 0 Å². The van der Waals surface area contributed by atoms with Crippen molar-refractivity contribution in [3.63, 3.8) is 0 Å². The lowest BCUT2D eigenvalue weighted by Crippen LogP contribution is -2.35. The lowest BCUT2D eigenvalue weighted by molar-refractivity contribution is -0.120. The number of allylic oxidation sites excluding steroid dienone is 1. The van der Waals surface area contributed by atoms with E-state index in [4.69, 9.17) is 0 Å². The van der Waals surface area contributed by atoms with Crippen LogP contribution in [0.15, 0.2) is 60.2 Å². The first-order chi connectivity index (χ1) is 10.6. The van der Waals surface area contributed by atoms with Crippen LogP contribution in [0.4, 0.5) is 0 Å². The third-order valence-corrected chi connectivity index (χ3v) is 4.58. The van der Waals surface area contributed by atoms with E-state index in [0.717, 1.165) is 35.1 Å². The number of hydrogen-bond acceptors (Lipinski definition) is 1. The van der Waals surface area contributed by atoms with E-state index in [1.165, 1.54) is 5.56 Å². The number of ketones is 1. The standard InChI is InChI=1S/C21H22O/c1-4-10-17-19(15-11-6-5-7-12-15)16-13-8-9-14-18(16)21(2,3)20(17)22/h5-9,11-14H,4,10H2,1-3H3. The van der Waals surface area contributed by atoms with Gasteiger partial charge in [0.05, 0.1) is 5.41 Å². The maximum absolute atomic E-state index is 13.1. The van der Waals surface area contributed by atoms with Crippen molar-refractivity contribution in [3.05, 3.63) is 76.9 Å². The van der Waals surface area contributed by atoms with Crippen LogP contribution in [0.25, 0.3) is 5.57 Å². The summed E-state index contributed by atoms with van der Waals surface area (Å²) in [6.07, 6.45) is 1.82. The van der Waals surface area contributed by atoms with Crippen molar-refractivity contribution >= 4 is 11.4 Å². The Morgan fingerprint density at radius 1 is 0.909 bits per heavy atom. The minimum atomic E-state index is -0.445. The van der Waals surface area contributed by atoms with Gasteiger partial charge in [0, 0.05) is 5.57 Å². The molecule has 1 heteroatoms. The molecular weight excluding hydrogens is 268 g/mol. The predicted molar refractivity (Wildman–Crippen MR) is 91.8 cm³/mol. The number of carbonyl (C=O) groups is 1. The monoisotopic (exact) mass is 290 g/mol. The molecule has 0 heterocycles. The summed E-state index contributed by atoms with van der Waals surface area (Å²) in [5, 5.41) is 0. The second kappa shape index (κ2) is 5.57. The molecule has 22 heavy (non-hydrogen) atoms. The maximum atomic E-state index is 13.1. The van der Waals surface area contributed by atoms with Gasteiger partial charge in [-0.05, 0) is 42.5 Å². The summed E-state index contributed by atoms with van der Waals surface area (Å²) < 4.78 is 0. The van der Waals surface area contributed by atoms with E-state index in [-0.39, 0.29) is 5.78 Å². The summed E-state index contributed by atoms with van der Waals surface area (Å²) in [7, 11) is 0. The highest BCUT2D eigenvalue weighted by Gasteiger charge is 2.39. The predicted octanol–water partition coefficient (Wildman–Crippen LogP) is 5.15. The molecule has 0 aliphatic heterocycles. The Morgan fingerprint density at radius 3 is 2.23 bits per heavy atom. The van der Waals surface area contributed by atoms with Crippen LogP contribution in [0, 0.1) is 0 Å². The molecule has 0 saturated heterocycles. The number of hydrogen-bond donors (Lipinski definition) is 0. The molecule has 0 N–H and O–H groups in total. The maximum Gasteiger partial charge on any atom is 0.169 e.